The summed E-state index contributed by atoms with van der Waals surface area (Å²) in [5.74, 6) is -29.4. The van der Waals surface area contributed by atoms with E-state index in [0.29, 0.717) is 42.5 Å². The Bertz CT molecular complexity index is 2670. The van der Waals surface area contributed by atoms with Crippen molar-refractivity contribution in [1.29, 1.82) is 0 Å². The molecular formula is C41H32O27. The molecule has 0 amide bonds. The number of benzene rings is 4. The Balaban J connectivity index is 1.38. The Labute approximate surface area is 375 Å². The van der Waals surface area contributed by atoms with Gasteiger partial charge in [0.15, 0.2) is 75.5 Å². The Kier molecular flexibility index (Phi) is 12.2. The molecule has 0 radical (unpaired) electrons. The molecule has 4 aromatic rings. The van der Waals surface area contributed by atoms with E-state index in [-0.39, 0.29) is 0 Å². The number of esters is 6. The smallest absolute Gasteiger partial charge is 0.341 e. The molecule has 7 rings (SSSR count). The molecule has 3 heterocycles. The fourth-order valence-corrected chi connectivity index (χ4v) is 7.30. The number of aromatic hydroxyl groups is 11. The number of aliphatic hydroxyl groups is 1. The first kappa shape index (κ1) is 46.9. The van der Waals surface area contributed by atoms with Crippen LogP contribution >= 0.6 is 0 Å². The first-order valence-electron chi connectivity index (χ1n) is 19.1. The van der Waals surface area contributed by atoms with Gasteiger partial charge in [0.1, 0.15) is 18.8 Å². The highest BCUT2D eigenvalue weighted by atomic mass is 16.7. The van der Waals surface area contributed by atoms with Crippen LogP contribution in [-0.4, -0.2) is 152 Å². The van der Waals surface area contributed by atoms with Gasteiger partial charge in [-0.25, -0.2) is 24.0 Å². The van der Waals surface area contributed by atoms with Crippen molar-refractivity contribution < 1.29 is 133 Å². The molecule has 27 heteroatoms. The number of carbonyl (C=O) groups is 7. The van der Waals surface area contributed by atoms with E-state index in [4.69, 9.17) is 33.2 Å². The van der Waals surface area contributed by atoms with Gasteiger partial charge in [-0.05, 0) is 42.5 Å². The maximum absolute atomic E-state index is 14.5. The molecule has 358 valence electrons. The van der Waals surface area contributed by atoms with Crippen molar-refractivity contribution in [2.24, 2.45) is 5.92 Å². The number of hydrogen-bond donors (Lipinski definition) is 13. The van der Waals surface area contributed by atoms with E-state index in [2.05, 4.69) is 0 Å². The monoisotopic (exact) mass is 956 g/mol. The fraction of sp³-hybridized carbons (Fsp3) is 0.244. The molecule has 7 atom stereocenters. The Morgan fingerprint density at radius 1 is 0.588 bits per heavy atom. The van der Waals surface area contributed by atoms with E-state index >= 15 is 0 Å². The second-order valence-corrected chi connectivity index (χ2v) is 14.9. The molecule has 0 aromatic heterocycles. The summed E-state index contributed by atoms with van der Waals surface area (Å²) in [6.45, 7) is -1.02. The number of hydrogen-bond acceptors (Lipinski definition) is 26. The topological polar surface area (TPSA) is 447 Å². The standard InChI is InChI=1S/C41H32O27/c42-15-1-10(2-16(43)26(15)51)35(56)62-9-22-31-33(63-22)34(41(67-36(57)11-3-17(44)27(52)18(45)4-11)68-37(58)12-5-19(46)28(53)20(47)6-12)66-38(59)13-7-21(48)29(54)32-25(13)24(30(55)40(61)65-32)14(8-23(49)50)39(60)64-31/h1-7,14,22,24,30-31,33-34,41-48,51-55H,8-9H2,(H,49,50). The van der Waals surface area contributed by atoms with Crippen LogP contribution in [0.4, 0.5) is 0 Å². The number of phenols is 11. The minimum Gasteiger partial charge on any atom is -0.504 e. The molecule has 27 nitrogen and oxygen atoms in total. The molecule has 0 aliphatic carbocycles. The number of ether oxygens (including phenoxy) is 7. The minimum atomic E-state index is -2.79. The summed E-state index contributed by atoms with van der Waals surface area (Å²) in [4.78, 5) is 94.6. The summed E-state index contributed by atoms with van der Waals surface area (Å²) in [7, 11) is 0. The molecule has 7 unspecified atom stereocenters. The molecule has 4 aromatic carbocycles. The fourth-order valence-electron chi connectivity index (χ4n) is 7.30. The first-order chi connectivity index (χ1) is 32.0. The van der Waals surface area contributed by atoms with E-state index < -0.39 is 200 Å². The largest absolute Gasteiger partial charge is 0.504 e. The third-order valence-corrected chi connectivity index (χ3v) is 10.6. The van der Waals surface area contributed by atoms with Gasteiger partial charge >= 0.3 is 41.8 Å². The summed E-state index contributed by atoms with van der Waals surface area (Å²) in [5, 5.41) is 132. The van der Waals surface area contributed by atoms with Gasteiger partial charge in [-0.2, -0.15) is 0 Å². The second-order valence-electron chi connectivity index (χ2n) is 14.9. The predicted octanol–water partition coefficient (Wildman–Crippen LogP) is 0.0179. The van der Waals surface area contributed by atoms with E-state index in [1.807, 2.05) is 0 Å². The van der Waals surface area contributed by atoms with Crippen LogP contribution in [0, 0.1) is 5.92 Å². The van der Waals surface area contributed by atoms with E-state index in [0.717, 1.165) is 0 Å². The Hall–Kier alpha value is -9.11. The van der Waals surface area contributed by atoms with Crippen LogP contribution in [0.25, 0.3) is 0 Å². The second kappa shape index (κ2) is 17.7. The van der Waals surface area contributed by atoms with Gasteiger partial charge in [-0.15, -0.1) is 0 Å². The van der Waals surface area contributed by atoms with Crippen molar-refractivity contribution in [3.8, 4) is 69.0 Å². The van der Waals surface area contributed by atoms with E-state index in [1.165, 1.54) is 0 Å². The quantitative estimate of drug-likeness (QED) is 0.0327. The van der Waals surface area contributed by atoms with Crippen molar-refractivity contribution in [2.75, 3.05) is 6.61 Å². The number of carbonyl (C=O) groups excluding carboxylic acids is 6. The lowest BCUT2D eigenvalue weighted by Crippen LogP contribution is -2.66. The molecule has 13 N–H and O–H groups in total. The molecule has 1 fully saturated rings. The van der Waals surface area contributed by atoms with Crippen LogP contribution in [0.1, 0.15) is 59.3 Å². The SMILES string of the molecule is O=C(O)CC1C(=O)OC2C(COC(=O)c3cc(O)c(O)c(O)c3)OC2C(C(OC(=O)c2cc(O)c(O)c(O)c2)OC(=O)c2cc(O)c(O)c(O)c2)OC(=O)c2cc(O)c(O)c3c2C1C(O)C(=O)O3. The first-order valence-corrected chi connectivity index (χ1v) is 19.1. The number of phenolic OH excluding ortho intramolecular Hbond substituents is 11. The number of rotatable bonds is 10. The van der Waals surface area contributed by atoms with Crippen LogP contribution in [0.15, 0.2) is 42.5 Å². The minimum absolute atomic E-state index is 0.449. The summed E-state index contributed by atoms with van der Waals surface area (Å²) in [6, 6.07) is 3.88. The van der Waals surface area contributed by atoms with Gasteiger partial charge in [-0.3, -0.25) is 9.59 Å². The van der Waals surface area contributed by atoms with Gasteiger partial charge in [0, 0.05) is 11.5 Å². The highest BCUT2D eigenvalue weighted by Crippen LogP contribution is 2.51. The van der Waals surface area contributed by atoms with Gasteiger partial charge in [-0.1, -0.05) is 0 Å². The lowest BCUT2D eigenvalue weighted by atomic mass is 9.76. The molecule has 3 aliphatic rings. The third-order valence-electron chi connectivity index (χ3n) is 10.6. The summed E-state index contributed by atoms with van der Waals surface area (Å²) >= 11 is 0. The maximum Gasteiger partial charge on any atom is 0.341 e. The van der Waals surface area contributed by atoms with Crippen molar-refractivity contribution in [3.63, 3.8) is 0 Å². The number of fused-ring (bicyclic) bond motifs is 1. The molecule has 0 spiro atoms. The van der Waals surface area contributed by atoms with Crippen molar-refractivity contribution in [2.45, 2.75) is 49.1 Å². The van der Waals surface area contributed by atoms with Gasteiger partial charge in [0.2, 0.25) is 11.9 Å². The summed E-state index contributed by atoms with van der Waals surface area (Å²) in [5.41, 5.74) is -4.11. The van der Waals surface area contributed by atoms with Crippen molar-refractivity contribution in [1.82, 2.24) is 0 Å². The maximum atomic E-state index is 14.5. The highest BCUT2D eigenvalue weighted by molar-refractivity contribution is 5.98. The van der Waals surface area contributed by atoms with Gasteiger partial charge in [0.25, 0.3) is 6.29 Å². The molecule has 1 saturated heterocycles. The number of carboxylic acids is 1. The zero-order valence-corrected chi connectivity index (χ0v) is 33.6. The average molecular weight is 957 g/mol. The third kappa shape index (κ3) is 8.58. The average Bonchev–Trinajstić information content (AvgIpc) is 3.28. The summed E-state index contributed by atoms with van der Waals surface area (Å²) in [6.07, 6.45) is -15.2. The van der Waals surface area contributed by atoms with Crippen molar-refractivity contribution in [3.05, 3.63) is 70.3 Å². The summed E-state index contributed by atoms with van der Waals surface area (Å²) < 4.78 is 38.1. The van der Waals surface area contributed by atoms with Crippen LogP contribution in [-0.2, 0) is 42.8 Å². The Morgan fingerprint density at radius 2 is 1.04 bits per heavy atom. The lowest BCUT2D eigenvalue weighted by molar-refractivity contribution is -0.293. The van der Waals surface area contributed by atoms with E-state index in [9.17, 15) is 99.9 Å². The van der Waals surface area contributed by atoms with E-state index in [1.54, 1.807) is 0 Å². The molecule has 3 aliphatic heterocycles. The zero-order valence-electron chi connectivity index (χ0n) is 33.6. The molecule has 0 bridgehead atoms. The molecule has 0 saturated carbocycles. The van der Waals surface area contributed by atoms with Crippen LogP contribution in [0.5, 0.6) is 69.0 Å². The van der Waals surface area contributed by atoms with Crippen LogP contribution < -0.4 is 4.74 Å². The Morgan fingerprint density at radius 3 is 1.51 bits per heavy atom. The predicted molar refractivity (Wildman–Crippen MR) is 207 cm³/mol. The molecule has 68 heavy (non-hydrogen) atoms. The number of carboxylic acid groups (broad SMARTS) is 1. The lowest BCUT2D eigenvalue weighted by Gasteiger charge is -2.47. The highest BCUT2D eigenvalue weighted by Gasteiger charge is 2.58. The number of aliphatic carboxylic acids is 1. The molecular weight excluding hydrogens is 924 g/mol. The van der Waals surface area contributed by atoms with Crippen molar-refractivity contribution >= 4 is 41.8 Å². The van der Waals surface area contributed by atoms with Gasteiger partial charge in [0.05, 0.1) is 34.6 Å². The number of cyclic esters (lactones) is 1. The van der Waals surface area contributed by atoms with Crippen LogP contribution in [0.3, 0.4) is 0 Å². The van der Waals surface area contributed by atoms with Gasteiger partial charge < -0.3 is 99.5 Å². The normalized spacial score (nSPS) is 21.9. The zero-order chi connectivity index (χ0) is 49.8. The number of aliphatic hydroxyl groups excluding tert-OH is 1. The van der Waals surface area contributed by atoms with Crippen LogP contribution in [0.2, 0.25) is 0 Å².